The summed E-state index contributed by atoms with van der Waals surface area (Å²) in [5.41, 5.74) is 4.68. The lowest BCUT2D eigenvalue weighted by molar-refractivity contribution is -0.114. The summed E-state index contributed by atoms with van der Waals surface area (Å²) in [7, 11) is 0. The number of nitrogens with one attached hydrogen (secondary N) is 1. The fourth-order valence-electron chi connectivity index (χ4n) is 5.22. The third-order valence-corrected chi connectivity index (χ3v) is 7.97. The standard InChI is InChI=1S/C28H27BrN6O3/c1-16-12-25-23(15-34(16)27(37)20-6-9-24(29)21(13-20)14-30)26-28(38)33(10-11-35(26)32-25)17(2)19-4-7-22(8-5-19)31-18(3)36/h4-9,13,16-17H,10-12,15H2,1-3H3,(H,31,36)/t16-,17-/m1/s1. The largest absolute Gasteiger partial charge is 0.331 e. The molecule has 0 fully saturated rings. The van der Waals surface area contributed by atoms with Gasteiger partial charge < -0.3 is 15.1 Å². The van der Waals surface area contributed by atoms with Gasteiger partial charge >= 0.3 is 0 Å². The third kappa shape index (κ3) is 4.58. The number of nitriles is 1. The van der Waals surface area contributed by atoms with Crippen molar-refractivity contribution in [3.8, 4) is 6.07 Å². The number of carbonyl (C=O) groups excluding carboxylic acids is 3. The highest BCUT2D eigenvalue weighted by molar-refractivity contribution is 9.10. The lowest BCUT2D eigenvalue weighted by Gasteiger charge is -2.35. The molecule has 2 aromatic carbocycles. The molecule has 2 aliphatic heterocycles. The maximum atomic E-state index is 13.8. The van der Waals surface area contributed by atoms with Gasteiger partial charge in [0.2, 0.25) is 5.91 Å². The minimum atomic E-state index is -0.181. The first-order valence-corrected chi connectivity index (χ1v) is 13.2. The van der Waals surface area contributed by atoms with Crippen LogP contribution in [0.1, 0.15) is 70.0 Å². The lowest BCUT2D eigenvalue weighted by Crippen LogP contribution is -2.44. The molecule has 0 saturated heterocycles. The number of hydrogen-bond acceptors (Lipinski definition) is 5. The molecular formula is C28H27BrN6O3. The van der Waals surface area contributed by atoms with Gasteiger partial charge in [0, 0.05) is 47.2 Å². The van der Waals surface area contributed by atoms with E-state index in [1.165, 1.54) is 6.92 Å². The highest BCUT2D eigenvalue weighted by Gasteiger charge is 2.38. The second-order valence-electron chi connectivity index (χ2n) is 9.77. The zero-order valence-corrected chi connectivity index (χ0v) is 22.9. The second kappa shape index (κ2) is 10.1. The number of fused-ring (bicyclic) bond motifs is 3. The summed E-state index contributed by atoms with van der Waals surface area (Å²) < 4.78 is 2.42. The molecule has 3 heterocycles. The number of amides is 3. The maximum absolute atomic E-state index is 13.8. The smallest absolute Gasteiger partial charge is 0.273 e. The van der Waals surface area contributed by atoms with Crippen molar-refractivity contribution < 1.29 is 14.4 Å². The highest BCUT2D eigenvalue weighted by Crippen LogP contribution is 2.33. The van der Waals surface area contributed by atoms with Gasteiger partial charge in [-0.2, -0.15) is 10.4 Å². The number of nitrogens with zero attached hydrogens (tertiary/aromatic N) is 5. The van der Waals surface area contributed by atoms with Crippen molar-refractivity contribution in [2.45, 2.75) is 52.4 Å². The average Bonchev–Trinajstić information content (AvgIpc) is 3.26. The van der Waals surface area contributed by atoms with E-state index in [2.05, 4.69) is 27.3 Å². The van der Waals surface area contributed by atoms with Gasteiger partial charge in [-0.15, -0.1) is 0 Å². The van der Waals surface area contributed by atoms with Crippen LogP contribution < -0.4 is 5.32 Å². The maximum Gasteiger partial charge on any atom is 0.273 e. The van der Waals surface area contributed by atoms with Crippen molar-refractivity contribution in [3.05, 3.63) is 80.6 Å². The molecule has 194 valence electrons. The number of halogens is 1. The van der Waals surface area contributed by atoms with Crippen LogP contribution in [0.25, 0.3) is 0 Å². The molecule has 5 rings (SSSR count). The van der Waals surface area contributed by atoms with Gasteiger partial charge in [0.15, 0.2) is 0 Å². The molecule has 0 bridgehead atoms. The Bertz CT molecular complexity index is 1490. The summed E-state index contributed by atoms with van der Waals surface area (Å²) in [6.45, 7) is 6.80. The van der Waals surface area contributed by atoms with Crippen LogP contribution in [0.3, 0.4) is 0 Å². The van der Waals surface area contributed by atoms with Gasteiger partial charge in [-0.3, -0.25) is 19.1 Å². The molecule has 3 amide bonds. The Kier molecular flexibility index (Phi) is 6.80. The van der Waals surface area contributed by atoms with Crippen LogP contribution in [-0.4, -0.2) is 49.9 Å². The van der Waals surface area contributed by atoms with E-state index < -0.39 is 0 Å². The zero-order chi connectivity index (χ0) is 27.1. The molecule has 0 radical (unpaired) electrons. The summed E-state index contributed by atoms with van der Waals surface area (Å²) in [5, 5.41) is 16.9. The Balaban J connectivity index is 1.40. The van der Waals surface area contributed by atoms with E-state index in [1.807, 2.05) is 43.0 Å². The summed E-state index contributed by atoms with van der Waals surface area (Å²) in [4.78, 5) is 42.2. The van der Waals surface area contributed by atoms with Crippen molar-refractivity contribution >= 4 is 39.3 Å². The topological polar surface area (TPSA) is 111 Å². The Morgan fingerprint density at radius 3 is 2.61 bits per heavy atom. The van der Waals surface area contributed by atoms with Gasteiger partial charge in [-0.1, -0.05) is 12.1 Å². The van der Waals surface area contributed by atoms with Gasteiger partial charge in [-0.25, -0.2) is 0 Å². The fraction of sp³-hybridized carbons (Fsp3) is 0.321. The molecule has 0 aliphatic carbocycles. The number of benzene rings is 2. The summed E-state index contributed by atoms with van der Waals surface area (Å²) in [6, 6.07) is 14.3. The molecule has 0 spiro atoms. The van der Waals surface area contributed by atoms with E-state index in [1.54, 1.807) is 27.8 Å². The molecule has 2 aliphatic rings. The first-order valence-electron chi connectivity index (χ1n) is 12.5. The summed E-state index contributed by atoms with van der Waals surface area (Å²) in [6.07, 6.45) is 0.552. The number of rotatable bonds is 4. The van der Waals surface area contributed by atoms with Gasteiger partial charge in [-0.05, 0) is 65.7 Å². The lowest BCUT2D eigenvalue weighted by atomic mass is 9.97. The molecular weight excluding hydrogens is 548 g/mol. The predicted octanol–water partition coefficient (Wildman–Crippen LogP) is 4.28. The zero-order valence-electron chi connectivity index (χ0n) is 21.4. The van der Waals surface area contributed by atoms with E-state index in [-0.39, 0.29) is 36.3 Å². The van der Waals surface area contributed by atoms with Crippen LogP contribution in [0.2, 0.25) is 0 Å². The SMILES string of the molecule is CC(=O)Nc1ccc([C@@H](C)N2CCn3nc4c(c3C2=O)CN(C(=O)c2ccc(Br)c(C#N)c2)[C@H](C)C4)cc1. The Labute approximate surface area is 229 Å². The van der Waals surface area contributed by atoms with Crippen LogP contribution in [0.15, 0.2) is 46.9 Å². The van der Waals surface area contributed by atoms with Crippen LogP contribution in [0, 0.1) is 11.3 Å². The molecule has 10 heteroatoms. The molecule has 1 aromatic heterocycles. The number of carbonyl (C=O) groups is 3. The highest BCUT2D eigenvalue weighted by atomic mass is 79.9. The number of hydrogen-bond donors (Lipinski definition) is 1. The van der Waals surface area contributed by atoms with Gasteiger partial charge in [0.25, 0.3) is 11.8 Å². The van der Waals surface area contributed by atoms with E-state index in [9.17, 15) is 19.6 Å². The molecule has 9 nitrogen and oxygen atoms in total. The quantitative estimate of drug-likeness (QED) is 0.500. The molecule has 38 heavy (non-hydrogen) atoms. The minimum absolute atomic E-state index is 0.103. The monoisotopic (exact) mass is 574 g/mol. The molecule has 0 saturated carbocycles. The van der Waals surface area contributed by atoms with E-state index in [0.29, 0.717) is 46.5 Å². The van der Waals surface area contributed by atoms with Crippen molar-refractivity contribution in [2.75, 3.05) is 11.9 Å². The van der Waals surface area contributed by atoms with Crippen molar-refractivity contribution in [2.24, 2.45) is 0 Å². The Morgan fingerprint density at radius 1 is 1.18 bits per heavy atom. The van der Waals surface area contributed by atoms with Crippen molar-refractivity contribution in [1.82, 2.24) is 19.6 Å². The van der Waals surface area contributed by atoms with E-state index in [0.717, 1.165) is 16.8 Å². The Hall–Kier alpha value is -3.97. The third-order valence-electron chi connectivity index (χ3n) is 7.27. The Morgan fingerprint density at radius 2 is 1.92 bits per heavy atom. The average molecular weight is 575 g/mol. The molecule has 1 N–H and O–H groups in total. The predicted molar refractivity (Wildman–Crippen MR) is 144 cm³/mol. The van der Waals surface area contributed by atoms with Crippen LogP contribution in [0.5, 0.6) is 0 Å². The minimum Gasteiger partial charge on any atom is -0.331 e. The fourth-order valence-corrected chi connectivity index (χ4v) is 5.55. The van der Waals surface area contributed by atoms with Gasteiger partial charge in [0.05, 0.1) is 30.4 Å². The summed E-state index contributed by atoms with van der Waals surface area (Å²) in [5.74, 6) is -0.428. The van der Waals surface area contributed by atoms with Crippen molar-refractivity contribution in [1.29, 1.82) is 5.26 Å². The normalized spacial score (nSPS) is 17.3. The second-order valence-corrected chi connectivity index (χ2v) is 10.6. The first-order chi connectivity index (χ1) is 18.2. The summed E-state index contributed by atoms with van der Waals surface area (Å²) >= 11 is 3.34. The molecule has 3 aromatic rings. The van der Waals surface area contributed by atoms with E-state index >= 15 is 0 Å². The van der Waals surface area contributed by atoms with Crippen LogP contribution in [-0.2, 0) is 24.3 Å². The van der Waals surface area contributed by atoms with Crippen LogP contribution >= 0.6 is 15.9 Å². The number of anilines is 1. The molecule has 2 atom stereocenters. The van der Waals surface area contributed by atoms with E-state index in [4.69, 9.17) is 5.10 Å². The first kappa shape index (κ1) is 25.7. The van der Waals surface area contributed by atoms with Gasteiger partial charge in [0.1, 0.15) is 11.8 Å². The van der Waals surface area contributed by atoms with Crippen LogP contribution in [0.4, 0.5) is 5.69 Å². The number of aromatic nitrogens is 2. The molecule has 0 unspecified atom stereocenters. The van der Waals surface area contributed by atoms with Crippen molar-refractivity contribution in [3.63, 3.8) is 0 Å².